The van der Waals surface area contributed by atoms with Crippen LogP contribution in [0.3, 0.4) is 0 Å². The molecular formula is C11H18Cl2N2. The van der Waals surface area contributed by atoms with Gasteiger partial charge in [-0.2, -0.15) is 0 Å². The molecule has 1 aromatic rings. The molecule has 1 saturated heterocycles. The number of rotatable bonds is 1. The van der Waals surface area contributed by atoms with Crippen LogP contribution in [0, 0.1) is 0 Å². The fourth-order valence-corrected chi connectivity index (χ4v) is 1.90. The molecule has 0 aliphatic carbocycles. The van der Waals surface area contributed by atoms with Crippen molar-refractivity contribution in [3.05, 3.63) is 29.8 Å². The Hall–Kier alpha value is -0.440. The quantitative estimate of drug-likeness (QED) is 0.751. The molecule has 1 atom stereocenters. The molecule has 0 radical (unpaired) electrons. The molecule has 0 bridgehead atoms. The van der Waals surface area contributed by atoms with Crippen LogP contribution in [0.2, 0.25) is 0 Å². The highest BCUT2D eigenvalue weighted by Crippen LogP contribution is 2.23. The number of nitrogen functional groups attached to an aromatic ring is 1. The van der Waals surface area contributed by atoms with Gasteiger partial charge in [-0.1, -0.05) is 12.1 Å². The number of nitrogens with two attached hydrogens (primary N) is 1. The van der Waals surface area contributed by atoms with Gasteiger partial charge in [0.1, 0.15) is 0 Å². The Labute approximate surface area is 103 Å². The summed E-state index contributed by atoms with van der Waals surface area (Å²) >= 11 is 0. The molecule has 0 aromatic heterocycles. The third-order valence-electron chi connectivity index (χ3n) is 2.70. The fraction of sp³-hybridized carbons (Fsp3) is 0.455. The molecular weight excluding hydrogens is 231 g/mol. The van der Waals surface area contributed by atoms with E-state index in [0.717, 1.165) is 12.2 Å². The zero-order valence-electron chi connectivity index (χ0n) is 8.61. The van der Waals surface area contributed by atoms with E-state index < -0.39 is 0 Å². The number of anilines is 1. The number of hydrogen-bond donors (Lipinski definition) is 2. The van der Waals surface area contributed by atoms with E-state index in [2.05, 4.69) is 17.4 Å². The number of piperidine rings is 1. The van der Waals surface area contributed by atoms with Crippen LogP contribution in [0.15, 0.2) is 24.3 Å². The van der Waals surface area contributed by atoms with Crippen molar-refractivity contribution in [3.8, 4) is 0 Å². The van der Waals surface area contributed by atoms with E-state index >= 15 is 0 Å². The van der Waals surface area contributed by atoms with Crippen molar-refractivity contribution >= 4 is 30.5 Å². The molecule has 2 nitrogen and oxygen atoms in total. The second kappa shape index (κ2) is 6.94. The summed E-state index contributed by atoms with van der Waals surface area (Å²) < 4.78 is 0. The minimum atomic E-state index is 0. The van der Waals surface area contributed by atoms with Crippen LogP contribution in [0.4, 0.5) is 5.69 Å². The molecule has 0 amide bonds. The molecule has 0 saturated carbocycles. The zero-order chi connectivity index (χ0) is 9.10. The lowest BCUT2D eigenvalue weighted by molar-refractivity contribution is 0.461. The fourth-order valence-electron chi connectivity index (χ4n) is 1.90. The first-order valence-electron chi connectivity index (χ1n) is 4.92. The lowest BCUT2D eigenvalue weighted by Gasteiger charge is -2.23. The van der Waals surface area contributed by atoms with Crippen molar-refractivity contribution in [1.82, 2.24) is 5.32 Å². The Morgan fingerprint density at radius 2 is 1.80 bits per heavy atom. The van der Waals surface area contributed by atoms with Gasteiger partial charge < -0.3 is 11.1 Å². The smallest absolute Gasteiger partial charge is 0.0314 e. The van der Waals surface area contributed by atoms with Gasteiger partial charge in [0, 0.05) is 12.2 Å². The van der Waals surface area contributed by atoms with Crippen LogP contribution < -0.4 is 11.1 Å². The average molecular weight is 249 g/mol. The van der Waals surface area contributed by atoms with Crippen LogP contribution in [0.1, 0.15) is 24.3 Å². The minimum Gasteiger partial charge on any atom is -0.399 e. The van der Waals surface area contributed by atoms with Crippen molar-refractivity contribution in [3.63, 3.8) is 0 Å². The minimum absolute atomic E-state index is 0. The molecule has 15 heavy (non-hydrogen) atoms. The van der Waals surface area contributed by atoms with E-state index in [1.54, 1.807) is 0 Å². The highest BCUT2D eigenvalue weighted by molar-refractivity contribution is 5.85. The van der Waals surface area contributed by atoms with Gasteiger partial charge in [-0.15, -0.1) is 24.8 Å². The first-order chi connectivity index (χ1) is 6.36. The van der Waals surface area contributed by atoms with Gasteiger partial charge in [-0.05, 0) is 43.0 Å². The van der Waals surface area contributed by atoms with E-state index in [4.69, 9.17) is 5.73 Å². The van der Waals surface area contributed by atoms with Crippen LogP contribution in [-0.4, -0.2) is 13.1 Å². The lowest BCUT2D eigenvalue weighted by atomic mass is 9.92. The highest BCUT2D eigenvalue weighted by Gasteiger charge is 2.14. The molecule has 1 aliphatic heterocycles. The maximum atomic E-state index is 5.64. The summed E-state index contributed by atoms with van der Waals surface area (Å²) in [4.78, 5) is 0. The Morgan fingerprint density at radius 1 is 1.13 bits per heavy atom. The van der Waals surface area contributed by atoms with Crippen molar-refractivity contribution in [2.45, 2.75) is 18.8 Å². The molecule has 1 heterocycles. The van der Waals surface area contributed by atoms with Crippen LogP contribution in [0.25, 0.3) is 0 Å². The highest BCUT2D eigenvalue weighted by atomic mass is 35.5. The largest absolute Gasteiger partial charge is 0.399 e. The summed E-state index contributed by atoms with van der Waals surface area (Å²) in [5.41, 5.74) is 7.91. The summed E-state index contributed by atoms with van der Waals surface area (Å²) in [5, 5.41) is 3.42. The second-order valence-corrected chi connectivity index (χ2v) is 3.71. The van der Waals surface area contributed by atoms with Gasteiger partial charge >= 0.3 is 0 Å². The molecule has 0 spiro atoms. The average Bonchev–Trinajstić information content (AvgIpc) is 2.20. The van der Waals surface area contributed by atoms with Crippen molar-refractivity contribution < 1.29 is 0 Å². The Bertz CT molecular complexity index is 268. The maximum Gasteiger partial charge on any atom is 0.0314 e. The molecule has 1 aromatic carbocycles. The number of nitrogens with one attached hydrogen (secondary N) is 1. The van der Waals surface area contributed by atoms with Crippen molar-refractivity contribution in [2.75, 3.05) is 18.8 Å². The van der Waals surface area contributed by atoms with E-state index in [0.29, 0.717) is 5.92 Å². The molecule has 3 N–H and O–H groups in total. The number of benzene rings is 1. The molecule has 2 rings (SSSR count). The lowest BCUT2D eigenvalue weighted by Crippen LogP contribution is -2.28. The molecule has 4 heteroatoms. The number of hydrogen-bond acceptors (Lipinski definition) is 2. The second-order valence-electron chi connectivity index (χ2n) is 3.71. The Morgan fingerprint density at radius 3 is 2.33 bits per heavy atom. The molecule has 86 valence electrons. The normalized spacial score (nSPS) is 19.9. The van der Waals surface area contributed by atoms with Gasteiger partial charge in [-0.25, -0.2) is 0 Å². The van der Waals surface area contributed by atoms with Crippen LogP contribution >= 0.6 is 24.8 Å². The standard InChI is InChI=1S/C11H16N2.2ClH/c12-11-5-3-9(4-6-11)10-2-1-7-13-8-10;;/h3-6,10,13H,1-2,7-8,12H2;2*1H/t10-;;/m0../s1. The van der Waals surface area contributed by atoms with Crippen LogP contribution in [0.5, 0.6) is 0 Å². The van der Waals surface area contributed by atoms with Gasteiger partial charge in [0.15, 0.2) is 0 Å². The van der Waals surface area contributed by atoms with Gasteiger partial charge in [0.05, 0.1) is 0 Å². The van der Waals surface area contributed by atoms with Crippen molar-refractivity contribution in [2.24, 2.45) is 0 Å². The molecule has 1 aliphatic rings. The number of halogens is 2. The molecule has 1 fully saturated rings. The summed E-state index contributed by atoms with van der Waals surface area (Å²) in [5.74, 6) is 0.689. The Balaban J connectivity index is 0.000000980. The monoisotopic (exact) mass is 248 g/mol. The maximum absolute atomic E-state index is 5.64. The third kappa shape index (κ3) is 3.90. The predicted molar refractivity (Wildman–Crippen MR) is 70.2 cm³/mol. The van der Waals surface area contributed by atoms with Gasteiger partial charge in [0.2, 0.25) is 0 Å². The van der Waals surface area contributed by atoms with Crippen molar-refractivity contribution in [1.29, 1.82) is 0 Å². The van der Waals surface area contributed by atoms with E-state index in [-0.39, 0.29) is 24.8 Å². The molecule has 0 unspecified atom stereocenters. The first kappa shape index (κ1) is 14.6. The van der Waals surface area contributed by atoms with E-state index in [9.17, 15) is 0 Å². The predicted octanol–water partition coefficient (Wildman–Crippen LogP) is 2.58. The zero-order valence-corrected chi connectivity index (χ0v) is 10.2. The SMILES string of the molecule is Cl.Cl.Nc1ccc([C@H]2CCCNC2)cc1. The van der Waals surface area contributed by atoms with Gasteiger partial charge in [0.25, 0.3) is 0 Å². The topological polar surface area (TPSA) is 38.0 Å². The van der Waals surface area contributed by atoms with Gasteiger partial charge in [-0.3, -0.25) is 0 Å². The van der Waals surface area contributed by atoms with E-state index in [1.807, 2.05) is 12.1 Å². The first-order valence-corrected chi connectivity index (χ1v) is 4.92. The van der Waals surface area contributed by atoms with E-state index in [1.165, 1.54) is 24.9 Å². The summed E-state index contributed by atoms with van der Waals surface area (Å²) in [6.07, 6.45) is 2.59. The summed E-state index contributed by atoms with van der Waals surface area (Å²) in [6.45, 7) is 2.29. The third-order valence-corrected chi connectivity index (χ3v) is 2.70. The van der Waals surface area contributed by atoms with Crippen LogP contribution in [-0.2, 0) is 0 Å². The summed E-state index contributed by atoms with van der Waals surface area (Å²) in [6, 6.07) is 8.27. The summed E-state index contributed by atoms with van der Waals surface area (Å²) in [7, 11) is 0. The Kier molecular flexibility index (Phi) is 6.73.